The maximum absolute atomic E-state index is 6.13. The average Bonchev–Trinajstić information content (AvgIpc) is 2.35. The van der Waals surface area contributed by atoms with E-state index < -0.39 is 0 Å². The molecule has 94 valence electrons. The van der Waals surface area contributed by atoms with Gasteiger partial charge in [0.1, 0.15) is 0 Å². The molecule has 0 saturated carbocycles. The molecule has 0 N–H and O–H groups in total. The summed E-state index contributed by atoms with van der Waals surface area (Å²) in [5, 5.41) is 0.737. The van der Waals surface area contributed by atoms with Crippen molar-refractivity contribution in [1.29, 1.82) is 0 Å². The molecule has 0 spiro atoms. The van der Waals surface area contributed by atoms with Gasteiger partial charge in [-0.15, -0.1) is 0 Å². The minimum Gasteiger partial charge on any atom is -0.0831 e. The lowest BCUT2D eigenvalue weighted by molar-refractivity contribution is 1.15. The Kier molecular flexibility index (Phi) is 4.52. The second kappa shape index (κ2) is 5.77. The molecule has 0 aromatic heterocycles. The molecule has 18 heavy (non-hydrogen) atoms. The molecule has 0 radical (unpaired) electrons. The van der Waals surface area contributed by atoms with Crippen LogP contribution in [0.15, 0.2) is 40.9 Å². The second-order valence-corrected chi connectivity index (χ2v) is 6.56. The zero-order valence-electron chi connectivity index (χ0n) is 10.2. The van der Waals surface area contributed by atoms with Gasteiger partial charge in [0.2, 0.25) is 0 Å². The van der Waals surface area contributed by atoms with Gasteiger partial charge in [-0.25, -0.2) is 0 Å². The van der Waals surface area contributed by atoms with E-state index >= 15 is 0 Å². The Balaban J connectivity index is 2.37. The molecule has 0 fully saturated rings. The first-order valence-electron chi connectivity index (χ1n) is 5.65. The number of benzene rings is 2. The molecule has 1 unspecified atom stereocenters. The Labute approximate surface area is 130 Å². The van der Waals surface area contributed by atoms with Crippen LogP contribution >= 0.6 is 43.5 Å². The summed E-state index contributed by atoms with van der Waals surface area (Å²) in [6.45, 7) is 4.26. The summed E-state index contributed by atoms with van der Waals surface area (Å²) >= 11 is 13.3. The summed E-state index contributed by atoms with van der Waals surface area (Å²) in [7, 11) is 0. The topological polar surface area (TPSA) is 0 Å². The molecule has 0 nitrogen and oxygen atoms in total. The molecule has 2 rings (SSSR count). The van der Waals surface area contributed by atoms with Crippen molar-refractivity contribution in [1.82, 2.24) is 0 Å². The van der Waals surface area contributed by atoms with E-state index in [4.69, 9.17) is 11.6 Å². The molecule has 0 aliphatic rings. The predicted octanol–water partition coefficient (Wildman–Crippen LogP) is 6.20. The lowest BCUT2D eigenvalue weighted by atomic mass is 10.0. The number of hydrogen-bond donors (Lipinski definition) is 0. The van der Waals surface area contributed by atoms with Gasteiger partial charge >= 0.3 is 0 Å². The van der Waals surface area contributed by atoms with Crippen molar-refractivity contribution in [3.8, 4) is 0 Å². The summed E-state index contributed by atoms with van der Waals surface area (Å²) in [4.78, 5) is 0.169. The van der Waals surface area contributed by atoms with Crippen LogP contribution in [0.2, 0.25) is 5.02 Å². The SMILES string of the molecule is Cc1ccc(C(Br)c2ccc(Br)c(Cl)c2)cc1C. The molecule has 3 heteroatoms. The molecule has 0 saturated heterocycles. The van der Waals surface area contributed by atoms with Gasteiger partial charge in [0.25, 0.3) is 0 Å². The smallest absolute Gasteiger partial charge is 0.0645 e. The molecule has 0 heterocycles. The van der Waals surface area contributed by atoms with Gasteiger partial charge in [-0.05, 0) is 64.2 Å². The molecule has 0 aliphatic heterocycles. The Morgan fingerprint density at radius 2 is 1.56 bits per heavy atom. The highest BCUT2D eigenvalue weighted by Crippen LogP contribution is 2.34. The maximum Gasteiger partial charge on any atom is 0.0645 e. The Morgan fingerprint density at radius 1 is 0.944 bits per heavy atom. The van der Waals surface area contributed by atoms with Gasteiger partial charge in [-0.1, -0.05) is 51.8 Å². The molecule has 0 amide bonds. The van der Waals surface area contributed by atoms with Crippen LogP contribution in [0.4, 0.5) is 0 Å². The van der Waals surface area contributed by atoms with Crippen LogP contribution in [0.3, 0.4) is 0 Å². The normalized spacial score (nSPS) is 12.5. The third-order valence-corrected chi connectivity index (χ3v) is 5.35. The summed E-state index contributed by atoms with van der Waals surface area (Å²) in [5.41, 5.74) is 5.02. The van der Waals surface area contributed by atoms with Crippen LogP contribution in [-0.4, -0.2) is 0 Å². The average molecular weight is 389 g/mol. The van der Waals surface area contributed by atoms with Crippen LogP contribution in [0.1, 0.15) is 27.1 Å². The first-order chi connectivity index (χ1) is 8.49. The summed E-state index contributed by atoms with van der Waals surface area (Å²) in [5.74, 6) is 0. The van der Waals surface area contributed by atoms with Gasteiger partial charge in [0.15, 0.2) is 0 Å². The van der Waals surface area contributed by atoms with E-state index in [1.54, 1.807) is 0 Å². The van der Waals surface area contributed by atoms with Crippen molar-refractivity contribution in [2.45, 2.75) is 18.7 Å². The van der Waals surface area contributed by atoms with Crippen molar-refractivity contribution in [2.75, 3.05) is 0 Å². The maximum atomic E-state index is 6.13. The Bertz CT molecular complexity index is 527. The molecular formula is C15H13Br2Cl. The fraction of sp³-hybridized carbons (Fsp3) is 0.200. The Hall–Kier alpha value is -0.310. The number of halogens is 3. The molecular weight excluding hydrogens is 375 g/mol. The highest BCUT2D eigenvalue weighted by atomic mass is 79.9. The quantitative estimate of drug-likeness (QED) is 0.537. The largest absolute Gasteiger partial charge is 0.0831 e. The third kappa shape index (κ3) is 2.98. The summed E-state index contributed by atoms with van der Waals surface area (Å²) in [6, 6.07) is 12.6. The number of alkyl halides is 1. The van der Waals surface area contributed by atoms with E-state index in [9.17, 15) is 0 Å². The third-order valence-electron chi connectivity index (χ3n) is 3.06. The van der Waals surface area contributed by atoms with Crippen LogP contribution in [0.5, 0.6) is 0 Å². The van der Waals surface area contributed by atoms with Gasteiger partial charge in [-0.2, -0.15) is 0 Å². The van der Waals surface area contributed by atoms with Gasteiger partial charge in [-0.3, -0.25) is 0 Å². The number of hydrogen-bond acceptors (Lipinski definition) is 0. The predicted molar refractivity (Wildman–Crippen MR) is 85.8 cm³/mol. The van der Waals surface area contributed by atoms with Crippen molar-refractivity contribution in [2.24, 2.45) is 0 Å². The fourth-order valence-electron chi connectivity index (χ4n) is 1.78. The molecule has 2 aromatic rings. The zero-order valence-corrected chi connectivity index (χ0v) is 14.1. The highest BCUT2D eigenvalue weighted by molar-refractivity contribution is 9.10. The van der Waals surface area contributed by atoms with Crippen LogP contribution < -0.4 is 0 Å². The minimum atomic E-state index is 0.169. The van der Waals surface area contributed by atoms with Crippen molar-refractivity contribution >= 4 is 43.5 Å². The standard InChI is InChI=1S/C15H13Br2Cl/c1-9-3-4-11(7-10(9)2)15(17)12-5-6-13(16)14(18)8-12/h3-8,15H,1-2H3. The van der Waals surface area contributed by atoms with Crippen LogP contribution in [0, 0.1) is 13.8 Å². The highest BCUT2D eigenvalue weighted by Gasteiger charge is 2.12. The van der Waals surface area contributed by atoms with Gasteiger partial charge in [0.05, 0.1) is 9.85 Å². The lowest BCUT2D eigenvalue weighted by Gasteiger charge is -2.13. The number of aryl methyl sites for hydroxylation is 2. The monoisotopic (exact) mass is 386 g/mol. The van der Waals surface area contributed by atoms with Gasteiger partial charge < -0.3 is 0 Å². The van der Waals surface area contributed by atoms with E-state index in [-0.39, 0.29) is 4.83 Å². The van der Waals surface area contributed by atoms with E-state index in [1.807, 2.05) is 12.1 Å². The van der Waals surface area contributed by atoms with E-state index in [0.717, 1.165) is 15.1 Å². The number of rotatable bonds is 2. The van der Waals surface area contributed by atoms with Gasteiger partial charge in [0, 0.05) is 4.47 Å². The van der Waals surface area contributed by atoms with Crippen molar-refractivity contribution < 1.29 is 0 Å². The summed E-state index contributed by atoms with van der Waals surface area (Å²) in [6.07, 6.45) is 0. The van der Waals surface area contributed by atoms with Crippen molar-refractivity contribution in [3.63, 3.8) is 0 Å². The molecule has 2 aromatic carbocycles. The zero-order chi connectivity index (χ0) is 13.3. The van der Waals surface area contributed by atoms with E-state index in [2.05, 4.69) is 70.0 Å². The first-order valence-corrected chi connectivity index (χ1v) is 7.74. The molecule has 0 bridgehead atoms. The fourth-order valence-corrected chi connectivity index (χ4v) is 2.79. The van der Waals surface area contributed by atoms with Crippen molar-refractivity contribution in [3.05, 3.63) is 68.1 Å². The Morgan fingerprint density at radius 3 is 2.17 bits per heavy atom. The lowest BCUT2D eigenvalue weighted by Crippen LogP contribution is -1.94. The molecule has 0 aliphatic carbocycles. The molecule has 1 atom stereocenters. The van der Waals surface area contributed by atoms with Crippen LogP contribution in [-0.2, 0) is 0 Å². The summed E-state index contributed by atoms with van der Waals surface area (Å²) < 4.78 is 0.924. The first kappa shape index (κ1) is 14.1. The second-order valence-electron chi connectivity index (χ2n) is 4.38. The minimum absolute atomic E-state index is 0.169. The van der Waals surface area contributed by atoms with E-state index in [0.29, 0.717) is 0 Å². The van der Waals surface area contributed by atoms with E-state index in [1.165, 1.54) is 16.7 Å². The van der Waals surface area contributed by atoms with Crippen LogP contribution in [0.25, 0.3) is 0 Å².